The van der Waals surface area contributed by atoms with Crippen LogP contribution in [0.1, 0.15) is 25.7 Å². The highest BCUT2D eigenvalue weighted by atomic mass is 16.6. The first-order valence-electron chi connectivity index (χ1n) is 4.98. The summed E-state index contributed by atoms with van der Waals surface area (Å²) in [6.07, 6.45) is 1.79. The van der Waals surface area contributed by atoms with Crippen LogP contribution in [0.25, 0.3) is 0 Å². The minimum atomic E-state index is -0.807. The van der Waals surface area contributed by atoms with Crippen molar-refractivity contribution >= 4 is 12.2 Å². The van der Waals surface area contributed by atoms with Gasteiger partial charge in [-0.2, -0.15) is 0 Å². The van der Waals surface area contributed by atoms with Gasteiger partial charge in [0, 0.05) is 5.92 Å². The van der Waals surface area contributed by atoms with Crippen LogP contribution in [0.2, 0.25) is 0 Å². The normalized spacial score (nSPS) is 25.6. The number of hydrogen-bond acceptors (Lipinski definition) is 4. The zero-order valence-electron chi connectivity index (χ0n) is 8.48. The maximum atomic E-state index is 10.6. The number of amides is 2. The Balaban J connectivity index is 2.42. The standard InChI is InChI=1S/C9H16N2O4/c10-8(12)14-5-6-3-1-2-4-7(6)15-9(11)13/h6-7H,1-5H2,(H2,10,12)(H2,11,13)/t6-,7+/m0/s1. The van der Waals surface area contributed by atoms with Crippen molar-refractivity contribution in [1.82, 2.24) is 0 Å². The number of hydrogen-bond donors (Lipinski definition) is 2. The molecule has 6 nitrogen and oxygen atoms in total. The molecule has 0 saturated heterocycles. The molecule has 0 unspecified atom stereocenters. The van der Waals surface area contributed by atoms with Crippen LogP contribution in [0.15, 0.2) is 0 Å². The van der Waals surface area contributed by atoms with Gasteiger partial charge in [0.1, 0.15) is 6.10 Å². The average molecular weight is 216 g/mol. The maximum Gasteiger partial charge on any atom is 0.404 e. The predicted molar refractivity (Wildman–Crippen MR) is 51.9 cm³/mol. The molecule has 0 aromatic heterocycles. The van der Waals surface area contributed by atoms with Crippen LogP contribution in [-0.4, -0.2) is 24.9 Å². The second kappa shape index (κ2) is 5.43. The monoisotopic (exact) mass is 216 g/mol. The third-order valence-electron chi connectivity index (χ3n) is 2.55. The van der Waals surface area contributed by atoms with Crippen molar-refractivity contribution in [3.63, 3.8) is 0 Å². The first kappa shape index (κ1) is 11.6. The molecule has 6 heteroatoms. The third-order valence-corrected chi connectivity index (χ3v) is 2.55. The van der Waals surface area contributed by atoms with E-state index in [0.29, 0.717) is 0 Å². The lowest BCUT2D eigenvalue weighted by molar-refractivity contribution is 0.0148. The van der Waals surface area contributed by atoms with Crippen LogP contribution in [0.4, 0.5) is 9.59 Å². The van der Waals surface area contributed by atoms with Gasteiger partial charge in [0.05, 0.1) is 6.61 Å². The second-order valence-electron chi connectivity index (χ2n) is 3.65. The van der Waals surface area contributed by atoms with E-state index in [2.05, 4.69) is 0 Å². The number of nitrogens with two attached hydrogens (primary N) is 2. The molecule has 0 aromatic rings. The molecule has 15 heavy (non-hydrogen) atoms. The van der Waals surface area contributed by atoms with Gasteiger partial charge in [0.2, 0.25) is 0 Å². The molecular formula is C9H16N2O4. The molecule has 0 radical (unpaired) electrons. The molecular weight excluding hydrogens is 200 g/mol. The Bertz CT molecular complexity index is 244. The topological polar surface area (TPSA) is 105 Å². The number of carbonyl (C=O) groups is 2. The van der Waals surface area contributed by atoms with Gasteiger partial charge in [0.15, 0.2) is 0 Å². The van der Waals surface area contributed by atoms with Crippen LogP contribution in [0, 0.1) is 5.92 Å². The first-order chi connectivity index (χ1) is 7.09. The summed E-state index contributed by atoms with van der Waals surface area (Å²) in [5.74, 6) is 0.0127. The van der Waals surface area contributed by atoms with Crippen LogP contribution < -0.4 is 11.5 Å². The average Bonchev–Trinajstić information content (AvgIpc) is 2.15. The summed E-state index contributed by atoms with van der Waals surface area (Å²) in [6, 6.07) is 0. The molecule has 1 fully saturated rings. The Hall–Kier alpha value is -1.46. The fourth-order valence-corrected chi connectivity index (χ4v) is 1.86. The van der Waals surface area contributed by atoms with Gasteiger partial charge < -0.3 is 20.9 Å². The lowest BCUT2D eigenvalue weighted by atomic mass is 9.87. The van der Waals surface area contributed by atoms with E-state index >= 15 is 0 Å². The second-order valence-corrected chi connectivity index (χ2v) is 3.65. The van der Waals surface area contributed by atoms with E-state index in [1.807, 2.05) is 0 Å². The molecule has 1 aliphatic carbocycles. The van der Waals surface area contributed by atoms with E-state index in [-0.39, 0.29) is 18.6 Å². The van der Waals surface area contributed by atoms with Gasteiger partial charge in [-0.3, -0.25) is 0 Å². The summed E-state index contributed by atoms with van der Waals surface area (Å²) >= 11 is 0. The number of carbonyl (C=O) groups excluding carboxylic acids is 2. The summed E-state index contributed by atoms with van der Waals surface area (Å²) < 4.78 is 9.64. The van der Waals surface area contributed by atoms with Gasteiger partial charge in [0.25, 0.3) is 0 Å². The zero-order valence-corrected chi connectivity index (χ0v) is 8.48. The van der Waals surface area contributed by atoms with Crippen LogP contribution >= 0.6 is 0 Å². The van der Waals surface area contributed by atoms with E-state index in [9.17, 15) is 9.59 Å². The fraction of sp³-hybridized carbons (Fsp3) is 0.778. The van der Waals surface area contributed by atoms with Crippen LogP contribution in [-0.2, 0) is 9.47 Å². The summed E-state index contributed by atoms with van der Waals surface area (Å²) in [6.45, 7) is 0.188. The maximum absolute atomic E-state index is 10.6. The fourth-order valence-electron chi connectivity index (χ4n) is 1.86. The summed E-state index contributed by atoms with van der Waals surface area (Å²) in [5.41, 5.74) is 9.81. The van der Waals surface area contributed by atoms with Gasteiger partial charge >= 0.3 is 12.2 Å². The lowest BCUT2D eigenvalue weighted by Crippen LogP contribution is -2.35. The van der Waals surface area contributed by atoms with Crippen molar-refractivity contribution in [2.75, 3.05) is 6.61 Å². The lowest BCUT2D eigenvalue weighted by Gasteiger charge is -2.29. The van der Waals surface area contributed by atoms with E-state index in [1.54, 1.807) is 0 Å². The molecule has 0 heterocycles. The Morgan fingerprint density at radius 3 is 2.40 bits per heavy atom. The van der Waals surface area contributed by atoms with Gasteiger partial charge in [-0.1, -0.05) is 6.42 Å². The Kier molecular flexibility index (Phi) is 4.20. The summed E-state index contributed by atoms with van der Waals surface area (Å²) in [5, 5.41) is 0. The molecule has 0 spiro atoms. The molecule has 0 aromatic carbocycles. The van der Waals surface area contributed by atoms with Crippen molar-refractivity contribution in [3.8, 4) is 0 Å². The highest BCUT2D eigenvalue weighted by molar-refractivity contribution is 5.65. The molecule has 0 aliphatic heterocycles. The minimum absolute atomic E-state index is 0.0127. The van der Waals surface area contributed by atoms with Gasteiger partial charge in [-0.25, -0.2) is 9.59 Å². The molecule has 4 N–H and O–H groups in total. The Morgan fingerprint density at radius 1 is 1.13 bits per heavy atom. The third kappa shape index (κ3) is 4.05. The van der Waals surface area contributed by atoms with Gasteiger partial charge in [-0.15, -0.1) is 0 Å². The van der Waals surface area contributed by atoms with Crippen LogP contribution in [0.5, 0.6) is 0 Å². The first-order valence-corrected chi connectivity index (χ1v) is 4.98. The summed E-state index contributed by atoms with van der Waals surface area (Å²) in [4.78, 5) is 21.1. The largest absolute Gasteiger partial charge is 0.449 e. The Labute approximate surface area is 87.9 Å². The van der Waals surface area contributed by atoms with Crippen molar-refractivity contribution in [2.24, 2.45) is 17.4 Å². The number of ether oxygens (including phenoxy) is 2. The van der Waals surface area contributed by atoms with E-state index in [1.165, 1.54) is 0 Å². The SMILES string of the molecule is NC(=O)OC[C@@H]1CCCC[C@H]1OC(N)=O. The molecule has 86 valence electrons. The van der Waals surface area contributed by atoms with Crippen molar-refractivity contribution in [1.29, 1.82) is 0 Å². The van der Waals surface area contributed by atoms with Crippen LogP contribution in [0.3, 0.4) is 0 Å². The van der Waals surface area contributed by atoms with E-state index in [4.69, 9.17) is 20.9 Å². The number of primary amides is 2. The van der Waals surface area contributed by atoms with E-state index in [0.717, 1.165) is 25.7 Å². The smallest absolute Gasteiger partial charge is 0.404 e. The molecule has 0 bridgehead atoms. The van der Waals surface area contributed by atoms with Gasteiger partial charge in [-0.05, 0) is 19.3 Å². The summed E-state index contributed by atoms with van der Waals surface area (Å²) in [7, 11) is 0. The molecule has 2 amide bonds. The highest BCUT2D eigenvalue weighted by Crippen LogP contribution is 2.27. The Morgan fingerprint density at radius 2 is 1.80 bits per heavy atom. The quantitative estimate of drug-likeness (QED) is 0.725. The van der Waals surface area contributed by atoms with Crippen molar-refractivity contribution in [3.05, 3.63) is 0 Å². The highest BCUT2D eigenvalue weighted by Gasteiger charge is 2.28. The van der Waals surface area contributed by atoms with E-state index < -0.39 is 12.2 Å². The molecule has 2 atom stereocenters. The number of rotatable bonds is 3. The molecule has 1 saturated carbocycles. The molecule has 1 aliphatic rings. The zero-order chi connectivity index (χ0) is 11.3. The van der Waals surface area contributed by atoms with Crippen molar-refractivity contribution < 1.29 is 19.1 Å². The van der Waals surface area contributed by atoms with Crippen molar-refractivity contribution in [2.45, 2.75) is 31.8 Å². The minimum Gasteiger partial charge on any atom is -0.449 e. The predicted octanol–water partition coefficient (Wildman–Crippen LogP) is 0.736. The molecule has 1 rings (SSSR count).